The van der Waals surface area contributed by atoms with Crippen molar-refractivity contribution in [2.75, 3.05) is 13.7 Å². The normalized spacial score (nSPS) is 20.7. The van der Waals surface area contributed by atoms with Crippen molar-refractivity contribution in [3.8, 4) is 0 Å². The third kappa shape index (κ3) is 3.89. The molecule has 0 aromatic rings. The number of carbonyl (C=O) groups excluding carboxylic acids is 2. The number of thiocarbonyl (C=S) groups is 1. The van der Waals surface area contributed by atoms with E-state index in [1.54, 1.807) is 4.90 Å². The predicted octanol–water partition coefficient (Wildman–Crippen LogP) is 1.24. The first-order valence-corrected chi connectivity index (χ1v) is 7.11. The third-order valence-electron chi connectivity index (χ3n) is 3.48. The molecule has 0 saturated carbocycles. The summed E-state index contributed by atoms with van der Waals surface area (Å²) in [5.41, 5.74) is 5.65. The van der Waals surface area contributed by atoms with E-state index in [1.165, 1.54) is 7.11 Å². The molecule has 19 heavy (non-hydrogen) atoms. The molecule has 5 nitrogen and oxygen atoms in total. The SMILES string of the molecule is CCCC(C(=O)N1CCCCC1C(=O)OC)C(N)=S. The van der Waals surface area contributed by atoms with Crippen molar-refractivity contribution in [1.29, 1.82) is 0 Å². The average molecular weight is 286 g/mol. The number of rotatable bonds is 5. The first-order valence-electron chi connectivity index (χ1n) is 6.70. The van der Waals surface area contributed by atoms with E-state index in [9.17, 15) is 9.59 Å². The molecule has 0 aromatic carbocycles. The molecule has 1 amide bonds. The molecule has 1 heterocycles. The number of nitrogens with zero attached hydrogens (tertiary/aromatic N) is 1. The van der Waals surface area contributed by atoms with E-state index in [2.05, 4.69) is 0 Å². The lowest BCUT2D eigenvalue weighted by molar-refractivity contribution is -0.155. The largest absolute Gasteiger partial charge is 0.467 e. The second-order valence-corrected chi connectivity index (χ2v) is 5.28. The zero-order valence-electron chi connectivity index (χ0n) is 11.6. The Labute approximate surface area is 119 Å². The molecular weight excluding hydrogens is 264 g/mol. The lowest BCUT2D eigenvalue weighted by Gasteiger charge is -2.35. The predicted molar refractivity (Wildman–Crippen MR) is 76.6 cm³/mol. The van der Waals surface area contributed by atoms with Gasteiger partial charge in [-0.05, 0) is 25.7 Å². The summed E-state index contributed by atoms with van der Waals surface area (Å²) in [6.07, 6.45) is 3.92. The van der Waals surface area contributed by atoms with Gasteiger partial charge in [0.05, 0.1) is 18.0 Å². The second kappa shape index (κ2) is 7.43. The molecule has 1 aliphatic rings. The van der Waals surface area contributed by atoms with Gasteiger partial charge < -0.3 is 15.4 Å². The van der Waals surface area contributed by atoms with Crippen LogP contribution in [0.4, 0.5) is 0 Å². The van der Waals surface area contributed by atoms with Crippen molar-refractivity contribution in [1.82, 2.24) is 4.90 Å². The van der Waals surface area contributed by atoms with Crippen LogP contribution in [0.2, 0.25) is 0 Å². The zero-order chi connectivity index (χ0) is 14.4. The maximum absolute atomic E-state index is 12.5. The van der Waals surface area contributed by atoms with Gasteiger partial charge in [-0.25, -0.2) is 4.79 Å². The minimum Gasteiger partial charge on any atom is -0.467 e. The van der Waals surface area contributed by atoms with Crippen LogP contribution >= 0.6 is 12.2 Å². The molecule has 0 aliphatic carbocycles. The quantitative estimate of drug-likeness (QED) is 0.608. The number of ether oxygens (including phenoxy) is 1. The van der Waals surface area contributed by atoms with E-state index in [0.717, 1.165) is 19.3 Å². The number of esters is 1. The zero-order valence-corrected chi connectivity index (χ0v) is 12.4. The summed E-state index contributed by atoms with van der Waals surface area (Å²) >= 11 is 4.97. The van der Waals surface area contributed by atoms with E-state index in [-0.39, 0.29) is 16.9 Å². The van der Waals surface area contributed by atoms with Gasteiger partial charge in [0.1, 0.15) is 6.04 Å². The van der Waals surface area contributed by atoms with Crippen molar-refractivity contribution in [3.05, 3.63) is 0 Å². The highest BCUT2D eigenvalue weighted by atomic mass is 32.1. The summed E-state index contributed by atoms with van der Waals surface area (Å²) < 4.78 is 4.77. The average Bonchev–Trinajstić information content (AvgIpc) is 2.42. The number of amides is 1. The molecule has 1 aliphatic heterocycles. The fourth-order valence-corrected chi connectivity index (χ4v) is 2.67. The summed E-state index contributed by atoms with van der Waals surface area (Å²) in [4.78, 5) is 26.1. The standard InChI is InChI=1S/C13H22N2O3S/c1-3-6-9(11(14)19)12(16)15-8-5-4-7-10(15)13(17)18-2/h9-10H,3-8H2,1-2H3,(H2,14,19). The molecule has 1 fully saturated rings. The lowest BCUT2D eigenvalue weighted by Crippen LogP contribution is -2.52. The summed E-state index contributed by atoms with van der Waals surface area (Å²) in [6, 6.07) is -0.486. The van der Waals surface area contributed by atoms with Crippen molar-refractivity contribution in [3.63, 3.8) is 0 Å². The van der Waals surface area contributed by atoms with Crippen LogP contribution in [0.15, 0.2) is 0 Å². The van der Waals surface area contributed by atoms with Crippen LogP contribution in [0.5, 0.6) is 0 Å². The van der Waals surface area contributed by atoms with Gasteiger partial charge in [-0.1, -0.05) is 25.6 Å². The maximum Gasteiger partial charge on any atom is 0.328 e. The Bertz CT molecular complexity index is 360. The van der Waals surface area contributed by atoms with Crippen LogP contribution in [0.25, 0.3) is 0 Å². The molecule has 2 N–H and O–H groups in total. The Morgan fingerprint density at radius 3 is 2.68 bits per heavy atom. The molecule has 0 bridgehead atoms. The number of hydrogen-bond acceptors (Lipinski definition) is 4. The Morgan fingerprint density at radius 2 is 2.16 bits per heavy atom. The van der Waals surface area contributed by atoms with Gasteiger partial charge >= 0.3 is 5.97 Å². The minimum absolute atomic E-state index is 0.135. The van der Waals surface area contributed by atoms with Crippen molar-refractivity contribution < 1.29 is 14.3 Å². The van der Waals surface area contributed by atoms with Gasteiger partial charge in [0.25, 0.3) is 0 Å². The van der Waals surface area contributed by atoms with Crippen LogP contribution in [0, 0.1) is 5.92 Å². The van der Waals surface area contributed by atoms with E-state index in [1.807, 2.05) is 6.92 Å². The first kappa shape index (κ1) is 15.9. The molecule has 108 valence electrons. The highest BCUT2D eigenvalue weighted by molar-refractivity contribution is 7.80. The van der Waals surface area contributed by atoms with Gasteiger partial charge in [0, 0.05) is 6.54 Å². The summed E-state index contributed by atoms with van der Waals surface area (Å²) in [5, 5.41) is 0. The van der Waals surface area contributed by atoms with Crippen molar-refractivity contribution >= 4 is 29.1 Å². The minimum atomic E-state index is -0.486. The molecular formula is C13H22N2O3S. The van der Waals surface area contributed by atoms with Crippen LogP contribution < -0.4 is 5.73 Å². The van der Waals surface area contributed by atoms with Crippen LogP contribution in [-0.4, -0.2) is 41.5 Å². The van der Waals surface area contributed by atoms with Crippen LogP contribution in [0.3, 0.4) is 0 Å². The molecule has 2 atom stereocenters. The monoisotopic (exact) mass is 286 g/mol. The van der Waals surface area contributed by atoms with Gasteiger partial charge in [0.2, 0.25) is 5.91 Å². The summed E-state index contributed by atoms with van der Waals surface area (Å²) in [6.45, 7) is 2.55. The van der Waals surface area contributed by atoms with Crippen LogP contribution in [-0.2, 0) is 14.3 Å². The number of piperidine rings is 1. The number of nitrogens with two attached hydrogens (primary N) is 1. The summed E-state index contributed by atoms with van der Waals surface area (Å²) in [7, 11) is 1.34. The van der Waals surface area contributed by atoms with E-state index < -0.39 is 12.0 Å². The first-order chi connectivity index (χ1) is 9.02. The van der Waals surface area contributed by atoms with Gasteiger partial charge in [-0.2, -0.15) is 0 Å². The Hall–Kier alpha value is -1.17. The molecule has 6 heteroatoms. The Morgan fingerprint density at radius 1 is 1.47 bits per heavy atom. The highest BCUT2D eigenvalue weighted by Gasteiger charge is 2.36. The van der Waals surface area contributed by atoms with Crippen molar-refractivity contribution in [2.24, 2.45) is 11.7 Å². The van der Waals surface area contributed by atoms with Crippen molar-refractivity contribution in [2.45, 2.75) is 45.1 Å². The smallest absolute Gasteiger partial charge is 0.328 e. The second-order valence-electron chi connectivity index (χ2n) is 4.81. The topological polar surface area (TPSA) is 72.6 Å². The lowest BCUT2D eigenvalue weighted by atomic mass is 9.96. The maximum atomic E-state index is 12.5. The number of likely N-dealkylation sites (tertiary alicyclic amines) is 1. The molecule has 0 radical (unpaired) electrons. The molecule has 0 aromatic heterocycles. The fraction of sp³-hybridized carbons (Fsp3) is 0.769. The van der Waals surface area contributed by atoms with Gasteiger partial charge in [0.15, 0.2) is 0 Å². The van der Waals surface area contributed by atoms with Gasteiger partial charge in [-0.3, -0.25) is 4.79 Å². The van der Waals surface area contributed by atoms with E-state index in [4.69, 9.17) is 22.7 Å². The summed E-state index contributed by atoms with van der Waals surface area (Å²) in [5.74, 6) is -0.957. The Kier molecular flexibility index (Phi) is 6.21. The highest BCUT2D eigenvalue weighted by Crippen LogP contribution is 2.22. The number of hydrogen-bond donors (Lipinski definition) is 1. The Balaban J connectivity index is 2.86. The van der Waals surface area contributed by atoms with E-state index in [0.29, 0.717) is 19.4 Å². The molecule has 1 rings (SSSR count). The number of carbonyl (C=O) groups is 2. The molecule has 0 spiro atoms. The van der Waals surface area contributed by atoms with Crippen LogP contribution in [0.1, 0.15) is 39.0 Å². The fourth-order valence-electron chi connectivity index (χ4n) is 2.45. The van der Waals surface area contributed by atoms with E-state index >= 15 is 0 Å². The number of methoxy groups -OCH3 is 1. The third-order valence-corrected chi connectivity index (χ3v) is 3.76. The van der Waals surface area contributed by atoms with Gasteiger partial charge in [-0.15, -0.1) is 0 Å². The molecule has 1 saturated heterocycles. The molecule has 2 unspecified atom stereocenters.